The molecule has 7 heteroatoms. The average Bonchev–Trinajstić information content (AvgIpc) is 2.58. The molecule has 0 spiro atoms. The molecule has 0 saturated carbocycles. The Morgan fingerprint density at radius 1 is 1.07 bits per heavy atom. The molecule has 3 N–H and O–H groups in total. The Kier molecular flexibility index (Phi) is 6.50. The van der Waals surface area contributed by atoms with Crippen LogP contribution in [0.4, 0.5) is 14.5 Å². The smallest absolute Gasteiger partial charge is 0.228 e. The van der Waals surface area contributed by atoms with Crippen LogP contribution in [0.1, 0.15) is 37.0 Å². The Hall–Kier alpha value is -2.96. The van der Waals surface area contributed by atoms with E-state index >= 15 is 0 Å². The number of hydrogen-bond acceptors (Lipinski definition) is 4. The summed E-state index contributed by atoms with van der Waals surface area (Å²) < 4.78 is 26.9. The number of aromatic hydroxyl groups is 2. The molecule has 144 valence electrons. The highest BCUT2D eigenvalue weighted by molar-refractivity contribution is 6.01. The SMILES string of the molecule is CC(C)C[C@H](CC(=O)c1cc(O)ccc1F)C(=O)Nc1ccc(F)cc1O. The predicted octanol–water partition coefficient (Wildman–Crippen LogP) is 4.25. The number of nitrogens with one attached hydrogen (secondary N) is 1. The molecule has 2 aromatic carbocycles. The zero-order valence-corrected chi connectivity index (χ0v) is 15.0. The fourth-order valence-electron chi connectivity index (χ4n) is 2.76. The summed E-state index contributed by atoms with van der Waals surface area (Å²) >= 11 is 0. The summed E-state index contributed by atoms with van der Waals surface area (Å²) in [7, 11) is 0. The van der Waals surface area contributed by atoms with Crippen molar-refractivity contribution in [2.75, 3.05) is 5.32 Å². The molecule has 0 aliphatic rings. The van der Waals surface area contributed by atoms with Crippen molar-refractivity contribution in [3.05, 3.63) is 53.6 Å². The van der Waals surface area contributed by atoms with E-state index in [0.717, 1.165) is 30.3 Å². The van der Waals surface area contributed by atoms with Gasteiger partial charge in [-0.1, -0.05) is 13.8 Å². The lowest BCUT2D eigenvalue weighted by Gasteiger charge is -2.19. The number of phenolic OH excluding ortho intramolecular Hbond substituents is 2. The first-order chi connectivity index (χ1) is 12.7. The van der Waals surface area contributed by atoms with Crippen LogP contribution in [0, 0.1) is 23.5 Å². The highest BCUT2D eigenvalue weighted by atomic mass is 19.1. The first kappa shape index (κ1) is 20.4. The van der Waals surface area contributed by atoms with Crippen LogP contribution in [0.25, 0.3) is 0 Å². The van der Waals surface area contributed by atoms with Crippen molar-refractivity contribution in [2.24, 2.45) is 11.8 Å². The molecule has 0 aromatic heterocycles. The van der Waals surface area contributed by atoms with Gasteiger partial charge in [-0.3, -0.25) is 9.59 Å². The van der Waals surface area contributed by atoms with Crippen molar-refractivity contribution < 1.29 is 28.6 Å². The molecule has 0 fully saturated rings. The standard InChI is InChI=1S/C20H21F2NO4/c1-11(2)7-12(8-18(25)15-10-14(24)4-5-16(15)22)20(27)23-17-6-3-13(21)9-19(17)26/h3-6,9-12,24,26H,7-8H2,1-2H3,(H,23,27)/t12-/m1/s1. The minimum atomic E-state index is -0.788. The molecule has 2 aromatic rings. The number of benzene rings is 2. The van der Waals surface area contributed by atoms with Crippen LogP contribution in [0.15, 0.2) is 36.4 Å². The van der Waals surface area contributed by atoms with E-state index < -0.39 is 35.0 Å². The second kappa shape index (κ2) is 8.62. The number of rotatable bonds is 7. The second-order valence-electron chi connectivity index (χ2n) is 6.77. The van der Waals surface area contributed by atoms with Gasteiger partial charge in [0.25, 0.3) is 0 Å². The Morgan fingerprint density at radius 2 is 1.78 bits per heavy atom. The summed E-state index contributed by atoms with van der Waals surface area (Å²) in [5, 5.41) is 21.7. The fourth-order valence-corrected chi connectivity index (χ4v) is 2.76. The Bertz CT molecular complexity index is 852. The molecule has 1 amide bonds. The number of amides is 1. The van der Waals surface area contributed by atoms with Gasteiger partial charge in [-0.15, -0.1) is 0 Å². The zero-order chi connectivity index (χ0) is 20.1. The van der Waals surface area contributed by atoms with E-state index in [1.54, 1.807) is 0 Å². The van der Waals surface area contributed by atoms with Gasteiger partial charge in [-0.25, -0.2) is 8.78 Å². The number of carbonyl (C=O) groups excluding carboxylic acids is 2. The number of hydrogen-bond donors (Lipinski definition) is 3. The third-order valence-corrected chi connectivity index (χ3v) is 4.03. The largest absolute Gasteiger partial charge is 0.508 e. The van der Waals surface area contributed by atoms with Crippen molar-refractivity contribution in [2.45, 2.75) is 26.7 Å². The van der Waals surface area contributed by atoms with E-state index in [2.05, 4.69) is 5.32 Å². The summed E-state index contributed by atoms with van der Waals surface area (Å²) in [5.74, 6) is -3.99. The molecule has 0 heterocycles. The highest BCUT2D eigenvalue weighted by Gasteiger charge is 2.26. The van der Waals surface area contributed by atoms with Crippen molar-refractivity contribution in [1.29, 1.82) is 0 Å². The maximum absolute atomic E-state index is 13.9. The van der Waals surface area contributed by atoms with Gasteiger partial charge >= 0.3 is 0 Å². The van der Waals surface area contributed by atoms with Gasteiger partial charge in [0.1, 0.15) is 23.1 Å². The van der Waals surface area contributed by atoms with Crippen LogP contribution >= 0.6 is 0 Å². The first-order valence-electron chi connectivity index (χ1n) is 8.48. The van der Waals surface area contributed by atoms with Gasteiger partial charge < -0.3 is 15.5 Å². The van der Waals surface area contributed by atoms with Gasteiger partial charge in [0.05, 0.1) is 11.3 Å². The highest BCUT2D eigenvalue weighted by Crippen LogP contribution is 2.27. The average molecular weight is 377 g/mol. The van der Waals surface area contributed by atoms with Gasteiger partial charge in [0, 0.05) is 18.4 Å². The maximum Gasteiger partial charge on any atom is 0.228 e. The Morgan fingerprint density at radius 3 is 2.41 bits per heavy atom. The van der Waals surface area contributed by atoms with E-state index in [4.69, 9.17) is 0 Å². The van der Waals surface area contributed by atoms with Crippen molar-refractivity contribution in [3.8, 4) is 11.5 Å². The first-order valence-corrected chi connectivity index (χ1v) is 8.48. The zero-order valence-electron chi connectivity index (χ0n) is 15.0. The van der Waals surface area contributed by atoms with Gasteiger partial charge in [0.2, 0.25) is 5.91 Å². The van der Waals surface area contributed by atoms with Crippen LogP contribution in [0.3, 0.4) is 0 Å². The number of phenols is 2. The summed E-state index contributed by atoms with van der Waals surface area (Å²) in [6.45, 7) is 3.74. The monoisotopic (exact) mass is 377 g/mol. The number of carbonyl (C=O) groups is 2. The summed E-state index contributed by atoms with van der Waals surface area (Å²) in [4.78, 5) is 25.0. The lowest BCUT2D eigenvalue weighted by atomic mass is 9.89. The van der Waals surface area contributed by atoms with Crippen molar-refractivity contribution >= 4 is 17.4 Å². The van der Waals surface area contributed by atoms with Crippen molar-refractivity contribution in [3.63, 3.8) is 0 Å². The molecule has 27 heavy (non-hydrogen) atoms. The Balaban J connectivity index is 2.19. The summed E-state index contributed by atoms with van der Waals surface area (Å²) in [5.41, 5.74) is -0.271. The maximum atomic E-state index is 13.9. The van der Waals surface area contributed by atoms with Crippen LogP contribution in [0.2, 0.25) is 0 Å². The molecule has 5 nitrogen and oxygen atoms in total. The van der Waals surface area contributed by atoms with E-state index in [0.29, 0.717) is 6.42 Å². The van der Waals surface area contributed by atoms with Gasteiger partial charge in [-0.05, 0) is 42.7 Å². The van der Waals surface area contributed by atoms with Gasteiger partial charge in [0.15, 0.2) is 5.78 Å². The van der Waals surface area contributed by atoms with E-state index in [1.807, 2.05) is 13.8 Å². The minimum Gasteiger partial charge on any atom is -0.508 e. The third-order valence-electron chi connectivity index (χ3n) is 4.03. The van der Waals surface area contributed by atoms with E-state index in [9.17, 15) is 28.6 Å². The van der Waals surface area contributed by atoms with E-state index in [1.165, 1.54) is 6.07 Å². The number of halogens is 2. The molecule has 0 bridgehead atoms. The molecule has 1 atom stereocenters. The van der Waals surface area contributed by atoms with Crippen LogP contribution in [-0.2, 0) is 4.79 Å². The van der Waals surface area contributed by atoms with Crippen molar-refractivity contribution in [1.82, 2.24) is 0 Å². The lowest BCUT2D eigenvalue weighted by molar-refractivity contribution is -0.120. The molecular formula is C20H21F2NO4. The molecule has 0 saturated heterocycles. The lowest BCUT2D eigenvalue weighted by Crippen LogP contribution is -2.27. The van der Waals surface area contributed by atoms with E-state index in [-0.39, 0.29) is 29.3 Å². The minimum absolute atomic E-state index is 0.0196. The third kappa shape index (κ3) is 5.51. The molecule has 0 aliphatic carbocycles. The molecular weight excluding hydrogens is 356 g/mol. The Labute approximate surface area is 155 Å². The number of Topliss-reactive ketones (excluding diaryl/α,β-unsaturated/α-hetero) is 1. The number of anilines is 1. The molecule has 0 unspecified atom stereocenters. The van der Waals surface area contributed by atoms with Crippen LogP contribution < -0.4 is 5.32 Å². The molecule has 0 radical (unpaired) electrons. The summed E-state index contributed by atoms with van der Waals surface area (Å²) in [6.07, 6.45) is 0.0757. The fraction of sp³-hybridized carbons (Fsp3) is 0.300. The predicted molar refractivity (Wildman–Crippen MR) is 96.7 cm³/mol. The molecule has 0 aliphatic heterocycles. The van der Waals surface area contributed by atoms with Gasteiger partial charge in [-0.2, -0.15) is 0 Å². The number of ketones is 1. The second-order valence-corrected chi connectivity index (χ2v) is 6.77. The van der Waals surface area contributed by atoms with Crippen LogP contribution in [0.5, 0.6) is 11.5 Å². The normalized spacial score (nSPS) is 12.0. The summed E-state index contributed by atoms with van der Waals surface area (Å²) in [6, 6.07) is 6.29. The quantitative estimate of drug-likeness (QED) is 0.497. The van der Waals surface area contributed by atoms with Crippen LogP contribution in [-0.4, -0.2) is 21.9 Å². The topological polar surface area (TPSA) is 86.6 Å². The molecule has 2 rings (SSSR count).